The monoisotopic (exact) mass is 491 g/mol. The van der Waals surface area contributed by atoms with Crippen LogP contribution in [-0.4, -0.2) is 86.4 Å². The van der Waals surface area contributed by atoms with Crippen LogP contribution in [0.15, 0.2) is 21.8 Å². The molecule has 3 rings (SSSR count). The Bertz CT molecular complexity index is 1090. The van der Waals surface area contributed by atoms with Crippen molar-refractivity contribution >= 4 is 23.5 Å². The number of ketones is 1. The van der Waals surface area contributed by atoms with Crippen molar-refractivity contribution in [2.24, 2.45) is 0 Å². The predicted octanol–water partition coefficient (Wildman–Crippen LogP) is -0.641. The van der Waals surface area contributed by atoms with Crippen LogP contribution in [0.3, 0.4) is 0 Å². The fourth-order valence-electron chi connectivity index (χ4n) is 3.66. The van der Waals surface area contributed by atoms with E-state index in [0.29, 0.717) is 37.7 Å². The fraction of sp³-hybridized carbons (Fsp3) is 0.571. The zero-order valence-corrected chi connectivity index (χ0v) is 19.6. The summed E-state index contributed by atoms with van der Waals surface area (Å²) < 4.78 is 11.1. The molecule has 0 saturated carbocycles. The minimum absolute atomic E-state index is 0.00201. The fourth-order valence-corrected chi connectivity index (χ4v) is 3.66. The minimum atomic E-state index is -1.23. The first-order chi connectivity index (χ1) is 16.8. The molecule has 1 fully saturated rings. The third kappa shape index (κ3) is 6.93. The van der Waals surface area contributed by atoms with Gasteiger partial charge in [-0.2, -0.15) is 0 Å². The summed E-state index contributed by atoms with van der Waals surface area (Å²) in [6, 6.07) is -2.20. The molecule has 190 valence electrons. The van der Waals surface area contributed by atoms with Gasteiger partial charge in [-0.05, 0) is 13.3 Å². The Labute approximate surface area is 200 Å². The second kappa shape index (κ2) is 12.2. The molecule has 1 amide bonds. The number of ether oxygens (including phenoxy) is 1. The first-order valence-electron chi connectivity index (χ1n) is 11.2. The summed E-state index contributed by atoms with van der Waals surface area (Å²) in [6.45, 7) is 5.60. The first kappa shape index (κ1) is 26.0. The van der Waals surface area contributed by atoms with E-state index in [1.807, 2.05) is 4.90 Å². The molecule has 1 aliphatic heterocycles. The zero-order valence-electron chi connectivity index (χ0n) is 19.6. The van der Waals surface area contributed by atoms with E-state index in [9.17, 15) is 24.3 Å². The highest BCUT2D eigenvalue weighted by Gasteiger charge is 2.29. The van der Waals surface area contributed by atoms with Crippen molar-refractivity contribution in [3.63, 3.8) is 0 Å². The predicted molar refractivity (Wildman–Crippen MR) is 121 cm³/mol. The third-order valence-electron chi connectivity index (χ3n) is 5.63. The van der Waals surface area contributed by atoms with Gasteiger partial charge >= 0.3 is 5.97 Å². The lowest BCUT2D eigenvalue weighted by Gasteiger charge is -2.28. The van der Waals surface area contributed by atoms with Crippen LogP contribution in [-0.2, 0) is 25.7 Å². The third-order valence-corrected chi connectivity index (χ3v) is 5.63. The van der Waals surface area contributed by atoms with Crippen molar-refractivity contribution in [3.05, 3.63) is 34.1 Å². The van der Waals surface area contributed by atoms with Gasteiger partial charge in [-0.1, -0.05) is 17.2 Å². The number of aromatic nitrogens is 4. The molecule has 0 aromatic carbocycles. The summed E-state index contributed by atoms with van der Waals surface area (Å²) in [5.41, 5.74) is 0.505. The zero-order chi connectivity index (χ0) is 25.4. The van der Waals surface area contributed by atoms with Crippen LogP contribution in [0.4, 0.5) is 5.82 Å². The maximum Gasteiger partial charge on any atom is 0.305 e. The second-order valence-electron chi connectivity index (χ2n) is 8.08. The van der Waals surface area contributed by atoms with Gasteiger partial charge in [-0.15, -0.1) is 0 Å². The molecule has 1 saturated heterocycles. The Morgan fingerprint density at radius 3 is 2.60 bits per heavy atom. The van der Waals surface area contributed by atoms with E-state index in [0.717, 1.165) is 0 Å². The van der Waals surface area contributed by atoms with Crippen molar-refractivity contribution < 1.29 is 28.9 Å². The number of carbonyl (C=O) groups is 3. The summed E-state index contributed by atoms with van der Waals surface area (Å²) in [6.07, 6.45) is 2.39. The van der Waals surface area contributed by atoms with Crippen molar-refractivity contribution in [2.75, 3.05) is 38.2 Å². The number of hydrogen-bond donors (Lipinski definition) is 3. The normalized spacial score (nSPS) is 15.8. The number of anilines is 1. The van der Waals surface area contributed by atoms with Gasteiger partial charge in [0.05, 0.1) is 38.8 Å². The van der Waals surface area contributed by atoms with Gasteiger partial charge in [0.2, 0.25) is 5.91 Å². The summed E-state index contributed by atoms with van der Waals surface area (Å²) in [7, 11) is 0. The molecule has 0 aliphatic carbocycles. The van der Waals surface area contributed by atoms with Gasteiger partial charge in [-0.25, -0.2) is 9.61 Å². The standard InChI is InChI=1S/C21H29N7O7/c1-3-16(28-5-4-22-19(21(28)33)23-11-15-13(2)25-35-26-15)20(32)24-14(10-18(30)31)17(29)12-27-6-8-34-9-7-27/h4-5,14,16H,3,6-12H2,1-2H3,(H,22,23)(H,24,32)(H,30,31). The summed E-state index contributed by atoms with van der Waals surface area (Å²) >= 11 is 0. The second-order valence-corrected chi connectivity index (χ2v) is 8.08. The number of carboxylic acid groups (broad SMARTS) is 1. The molecule has 2 aromatic heterocycles. The molecule has 0 spiro atoms. The average Bonchev–Trinajstić information content (AvgIpc) is 3.24. The summed E-state index contributed by atoms with van der Waals surface area (Å²) in [5, 5.41) is 22.1. The van der Waals surface area contributed by atoms with Crippen LogP contribution in [0.2, 0.25) is 0 Å². The number of aliphatic carboxylic acids is 1. The van der Waals surface area contributed by atoms with Gasteiger partial charge in [0, 0.05) is 25.5 Å². The first-order valence-corrected chi connectivity index (χ1v) is 11.2. The SMILES string of the molecule is CCC(C(=O)NC(CC(=O)O)C(=O)CN1CCOCC1)n1ccnc(NCc2nonc2C)c1=O. The number of hydrogen-bond acceptors (Lipinski definition) is 11. The number of carboxylic acids is 1. The van der Waals surface area contributed by atoms with Gasteiger partial charge in [-0.3, -0.25) is 28.6 Å². The highest BCUT2D eigenvalue weighted by Crippen LogP contribution is 2.12. The van der Waals surface area contributed by atoms with E-state index >= 15 is 0 Å². The Kier molecular flexibility index (Phi) is 9.03. The number of morpholine rings is 1. The molecule has 2 aromatic rings. The lowest BCUT2D eigenvalue weighted by molar-refractivity contribution is -0.140. The van der Waals surface area contributed by atoms with Crippen molar-refractivity contribution in [1.82, 2.24) is 30.1 Å². The Hall–Kier alpha value is -3.65. The molecule has 1 aliphatic rings. The number of Topliss-reactive ketones (excluding diaryl/α,β-unsaturated/α-hetero) is 1. The Morgan fingerprint density at radius 2 is 1.97 bits per heavy atom. The van der Waals surface area contributed by atoms with Crippen LogP contribution >= 0.6 is 0 Å². The molecule has 2 atom stereocenters. The van der Waals surface area contributed by atoms with Crippen LogP contribution < -0.4 is 16.2 Å². The van der Waals surface area contributed by atoms with Crippen LogP contribution in [0, 0.1) is 6.92 Å². The maximum atomic E-state index is 13.1. The number of rotatable bonds is 12. The molecule has 0 bridgehead atoms. The highest BCUT2D eigenvalue weighted by molar-refractivity contribution is 5.94. The Balaban J connectivity index is 1.72. The molecule has 0 radical (unpaired) electrons. The number of aryl methyl sites for hydroxylation is 1. The van der Waals surface area contributed by atoms with Crippen molar-refractivity contribution in [2.45, 2.75) is 45.3 Å². The largest absolute Gasteiger partial charge is 0.481 e. The van der Waals surface area contributed by atoms with Gasteiger partial charge in [0.15, 0.2) is 11.6 Å². The molecule has 2 unspecified atom stereocenters. The van der Waals surface area contributed by atoms with E-state index in [1.54, 1.807) is 13.8 Å². The van der Waals surface area contributed by atoms with Gasteiger partial charge in [0.25, 0.3) is 5.56 Å². The molecular weight excluding hydrogens is 462 g/mol. The molecule has 3 N–H and O–H groups in total. The van der Waals surface area contributed by atoms with E-state index in [1.165, 1.54) is 17.0 Å². The van der Waals surface area contributed by atoms with E-state index in [2.05, 4.69) is 30.6 Å². The molecule has 35 heavy (non-hydrogen) atoms. The van der Waals surface area contributed by atoms with Crippen LogP contribution in [0.5, 0.6) is 0 Å². The summed E-state index contributed by atoms with van der Waals surface area (Å²) in [4.78, 5) is 56.1. The van der Waals surface area contributed by atoms with Gasteiger partial charge in [0.1, 0.15) is 17.4 Å². The quantitative estimate of drug-likeness (QED) is 0.342. The minimum Gasteiger partial charge on any atom is -0.481 e. The van der Waals surface area contributed by atoms with E-state index in [4.69, 9.17) is 4.74 Å². The van der Waals surface area contributed by atoms with Crippen LogP contribution in [0.1, 0.15) is 37.2 Å². The average molecular weight is 492 g/mol. The molecule has 3 heterocycles. The summed E-state index contributed by atoms with van der Waals surface area (Å²) in [5.74, 6) is -2.28. The van der Waals surface area contributed by atoms with E-state index < -0.39 is 41.7 Å². The van der Waals surface area contributed by atoms with Crippen molar-refractivity contribution in [1.29, 1.82) is 0 Å². The van der Waals surface area contributed by atoms with Gasteiger partial charge < -0.3 is 20.5 Å². The number of nitrogens with zero attached hydrogens (tertiary/aromatic N) is 5. The lowest BCUT2D eigenvalue weighted by Crippen LogP contribution is -2.50. The molecule has 14 heteroatoms. The smallest absolute Gasteiger partial charge is 0.305 e. The molecular formula is C21H29N7O7. The topological polar surface area (TPSA) is 182 Å². The van der Waals surface area contributed by atoms with Crippen LogP contribution in [0.25, 0.3) is 0 Å². The highest BCUT2D eigenvalue weighted by atomic mass is 16.6. The number of nitrogens with one attached hydrogen (secondary N) is 2. The Morgan fingerprint density at radius 1 is 1.23 bits per heavy atom. The van der Waals surface area contributed by atoms with E-state index in [-0.39, 0.29) is 25.3 Å². The number of amides is 1. The van der Waals surface area contributed by atoms with Crippen molar-refractivity contribution in [3.8, 4) is 0 Å². The number of carbonyl (C=O) groups excluding carboxylic acids is 2. The maximum absolute atomic E-state index is 13.1. The molecule has 14 nitrogen and oxygen atoms in total. The lowest BCUT2D eigenvalue weighted by atomic mass is 10.1.